The van der Waals surface area contributed by atoms with Crippen LogP contribution in [-0.2, 0) is 13.0 Å². The number of rotatable bonds is 6. The van der Waals surface area contributed by atoms with Crippen LogP contribution in [0.15, 0.2) is 72.9 Å². The molecule has 2 heterocycles. The third-order valence-corrected chi connectivity index (χ3v) is 5.54. The van der Waals surface area contributed by atoms with Gasteiger partial charge >= 0.3 is 0 Å². The summed E-state index contributed by atoms with van der Waals surface area (Å²) in [4.78, 5) is 6.47. The number of hydrogen-bond acceptors (Lipinski definition) is 3. The van der Waals surface area contributed by atoms with Crippen molar-refractivity contribution in [2.45, 2.75) is 25.4 Å². The van der Waals surface area contributed by atoms with Crippen LogP contribution in [0.25, 0.3) is 0 Å². The Kier molecular flexibility index (Phi) is 6.15. The topological polar surface area (TPSA) is 28.2 Å². The number of halogens is 2. The van der Waals surface area contributed by atoms with Gasteiger partial charge in [0.1, 0.15) is 11.6 Å². The molecule has 1 saturated heterocycles. The van der Waals surface area contributed by atoms with Crippen LogP contribution in [-0.4, -0.2) is 29.0 Å². The molecule has 150 valence electrons. The van der Waals surface area contributed by atoms with Crippen LogP contribution in [0, 0.1) is 17.6 Å². The first-order valence-electron chi connectivity index (χ1n) is 10.0. The van der Waals surface area contributed by atoms with Crippen LogP contribution in [0.3, 0.4) is 0 Å². The lowest BCUT2D eigenvalue weighted by molar-refractivity contribution is 0.151. The summed E-state index contributed by atoms with van der Waals surface area (Å²) in [6, 6.07) is 20.3. The molecule has 1 aliphatic rings. The number of nitrogens with zero attached hydrogens (tertiary/aromatic N) is 2. The molecule has 4 rings (SSSR count). The van der Waals surface area contributed by atoms with E-state index in [4.69, 9.17) is 0 Å². The summed E-state index contributed by atoms with van der Waals surface area (Å²) in [5.41, 5.74) is 2.56. The fourth-order valence-corrected chi connectivity index (χ4v) is 4.10. The second-order valence-electron chi connectivity index (χ2n) is 7.67. The molecule has 0 amide bonds. The standard InChI is InChI=1S/C24H25F2N3/c25-20-8-4-9-21(15-20)28-23-11-13-29(17-24-22(26)10-5-12-27-24)16-19(23)14-18-6-2-1-3-7-18/h1-10,12,15,19,23,28H,11,13-14,16-17H2/t19-,23+/m0/s1. The van der Waals surface area contributed by atoms with Gasteiger partial charge in [0.25, 0.3) is 0 Å². The van der Waals surface area contributed by atoms with Crippen LogP contribution >= 0.6 is 0 Å². The minimum absolute atomic E-state index is 0.224. The first-order chi connectivity index (χ1) is 14.2. The summed E-state index contributed by atoms with van der Waals surface area (Å²) in [6.07, 6.45) is 3.45. The van der Waals surface area contributed by atoms with Crippen molar-refractivity contribution < 1.29 is 8.78 Å². The molecule has 1 aliphatic heterocycles. The maximum atomic E-state index is 14.1. The second-order valence-corrected chi connectivity index (χ2v) is 7.67. The van der Waals surface area contributed by atoms with Gasteiger partial charge in [-0.25, -0.2) is 8.78 Å². The van der Waals surface area contributed by atoms with Gasteiger partial charge in [0.05, 0.1) is 5.69 Å². The van der Waals surface area contributed by atoms with E-state index in [1.54, 1.807) is 18.3 Å². The number of likely N-dealkylation sites (tertiary alicyclic amines) is 1. The van der Waals surface area contributed by atoms with Gasteiger partial charge in [0, 0.05) is 37.6 Å². The number of anilines is 1. The van der Waals surface area contributed by atoms with Gasteiger partial charge in [0.2, 0.25) is 0 Å². The van der Waals surface area contributed by atoms with Gasteiger partial charge in [0.15, 0.2) is 0 Å². The number of pyridine rings is 1. The van der Waals surface area contributed by atoms with Crippen molar-refractivity contribution in [1.82, 2.24) is 9.88 Å². The average molecular weight is 393 g/mol. The lowest BCUT2D eigenvalue weighted by Crippen LogP contribution is -2.47. The van der Waals surface area contributed by atoms with Crippen LogP contribution in [0.2, 0.25) is 0 Å². The van der Waals surface area contributed by atoms with Crippen LogP contribution in [0.4, 0.5) is 14.5 Å². The summed E-state index contributed by atoms with van der Waals surface area (Å²) in [6.45, 7) is 2.18. The minimum Gasteiger partial charge on any atom is -0.382 e. The van der Waals surface area contributed by atoms with E-state index in [1.807, 2.05) is 24.3 Å². The first kappa shape index (κ1) is 19.5. The van der Waals surface area contributed by atoms with E-state index in [0.29, 0.717) is 18.2 Å². The molecule has 0 radical (unpaired) electrons. The molecular formula is C24H25F2N3. The molecule has 0 saturated carbocycles. The lowest BCUT2D eigenvalue weighted by Gasteiger charge is -2.39. The molecule has 3 aromatic rings. The zero-order chi connectivity index (χ0) is 20.1. The SMILES string of the molecule is Fc1cccc(N[C@@H]2CCN(Cc3ncccc3F)C[C@@H]2Cc2ccccc2)c1. The van der Waals surface area contributed by atoms with E-state index in [9.17, 15) is 8.78 Å². The van der Waals surface area contributed by atoms with E-state index in [1.165, 1.54) is 23.8 Å². The van der Waals surface area contributed by atoms with Gasteiger partial charge in [-0.1, -0.05) is 36.4 Å². The molecule has 2 atom stereocenters. The molecule has 2 aromatic carbocycles. The number of hydrogen-bond donors (Lipinski definition) is 1. The average Bonchev–Trinajstić information content (AvgIpc) is 2.72. The summed E-state index contributed by atoms with van der Waals surface area (Å²) in [7, 11) is 0. The summed E-state index contributed by atoms with van der Waals surface area (Å²) < 4.78 is 27.7. The van der Waals surface area contributed by atoms with E-state index < -0.39 is 0 Å². The summed E-state index contributed by atoms with van der Waals surface area (Å²) in [5, 5.41) is 3.53. The highest BCUT2D eigenvalue weighted by atomic mass is 19.1. The molecule has 29 heavy (non-hydrogen) atoms. The Hall–Kier alpha value is -2.79. The molecule has 0 aliphatic carbocycles. The van der Waals surface area contributed by atoms with Crippen molar-refractivity contribution >= 4 is 5.69 Å². The molecule has 1 aromatic heterocycles. The third kappa shape index (κ3) is 5.18. The van der Waals surface area contributed by atoms with Crippen molar-refractivity contribution in [3.8, 4) is 0 Å². The Morgan fingerprint density at radius 1 is 1.00 bits per heavy atom. The zero-order valence-electron chi connectivity index (χ0n) is 16.3. The Balaban J connectivity index is 1.50. The Labute approximate surface area is 170 Å². The van der Waals surface area contributed by atoms with Crippen molar-refractivity contribution in [1.29, 1.82) is 0 Å². The minimum atomic E-state index is -0.257. The Morgan fingerprint density at radius 2 is 1.86 bits per heavy atom. The quantitative estimate of drug-likeness (QED) is 0.645. The lowest BCUT2D eigenvalue weighted by atomic mass is 9.86. The highest BCUT2D eigenvalue weighted by molar-refractivity contribution is 5.44. The molecule has 0 spiro atoms. The predicted molar refractivity (Wildman–Crippen MR) is 112 cm³/mol. The van der Waals surface area contributed by atoms with E-state index in [0.717, 1.165) is 31.6 Å². The predicted octanol–water partition coefficient (Wildman–Crippen LogP) is 4.91. The van der Waals surface area contributed by atoms with Crippen molar-refractivity contribution in [3.63, 3.8) is 0 Å². The number of nitrogens with one attached hydrogen (secondary N) is 1. The molecule has 0 bridgehead atoms. The summed E-state index contributed by atoms with van der Waals surface area (Å²) >= 11 is 0. The van der Waals surface area contributed by atoms with E-state index in [2.05, 4.69) is 27.3 Å². The molecule has 5 heteroatoms. The van der Waals surface area contributed by atoms with E-state index >= 15 is 0 Å². The van der Waals surface area contributed by atoms with Gasteiger partial charge in [-0.3, -0.25) is 9.88 Å². The summed E-state index contributed by atoms with van der Waals surface area (Å²) in [5.74, 6) is -0.175. The number of aromatic nitrogens is 1. The zero-order valence-corrected chi connectivity index (χ0v) is 16.3. The van der Waals surface area contributed by atoms with Crippen LogP contribution in [0.5, 0.6) is 0 Å². The third-order valence-electron chi connectivity index (χ3n) is 5.54. The maximum absolute atomic E-state index is 14.1. The monoisotopic (exact) mass is 393 g/mol. The normalized spacial score (nSPS) is 19.8. The molecule has 3 nitrogen and oxygen atoms in total. The van der Waals surface area contributed by atoms with Gasteiger partial charge in [-0.05, 0) is 54.7 Å². The fourth-order valence-electron chi connectivity index (χ4n) is 4.10. The smallest absolute Gasteiger partial charge is 0.146 e. The number of piperidine rings is 1. The molecule has 1 fully saturated rings. The van der Waals surface area contributed by atoms with Gasteiger partial charge < -0.3 is 5.32 Å². The molecule has 0 unspecified atom stereocenters. The Bertz CT molecular complexity index is 932. The van der Waals surface area contributed by atoms with Crippen molar-refractivity contribution in [2.24, 2.45) is 5.92 Å². The van der Waals surface area contributed by atoms with Gasteiger partial charge in [-0.15, -0.1) is 0 Å². The van der Waals surface area contributed by atoms with E-state index in [-0.39, 0.29) is 17.7 Å². The molecule has 1 N–H and O–H groups in total. The molecular weight excluding hydrogens is 368 g/mol. The first-order valence-corrected chi connectivity index (χ1v) is 10.0. The van der Waals surface area contributed by atoms with Crippen molar-refractivity contribution in [3.05, 3.63) is 95.8 Å². The Morgan fingerprint density at radius 3 is 2.66 bits per heavy atom. The highest BCUT2D eigenvalue weighted by Gasteiger charge is 2.30. The fraction of sp³-hybridized carbons (Fsp3) is 0.292. The second kappa shape index (κ2) is 9.14. The van der Waals surface area contributed by atoms with Gasteiger partial charge in [-0.2, -0.15) is 0 Å². The van der Waals surface area contributed by atoms with Crippen molar-refractivity contribution in [2.75, 3.05) is 18.4 Å². The van der Waals surface area contributed by atoms with Crippen LogP contribution in [0.1, 0.15) is 17.7 Å². The highest BCUT2D eigenvalue weighted by Crippen LogP contribution is 2.26. The maximum Gasteiger partial charge on any atom is 0.146 e. The number of benzene rings is 2. The largest absolute Gasteiger partial charge is 0.382 e. The van der Waals surface area contributed by atoms with Crippen LogP contribution < -0.4 is 5.32 Å².